The maximum atomic E-state index is 11.7. The highest BCUT2D eigenvalue weighted by atomic mass is 16.5. The molecule has 1 unspecified atom stereocenters. The lowest BCUT2D eigenvalue weighted by Crippen LogP contribution is -2.34. The van der Waals surface area contributed by atoms with Gasteiger partial charge in [-0.25, -0.2) is 4.79 Å². The minimum Gasteiger partial charge on any atom is -0.497 e. The molecule has 6 nitrogen and oxygen atoms in total. The second-order valence-electron chi connectivity index (χ2n) is 5.34. The number of allylic oxidation sites excluding steroid dienone is 1. The molecule has 0 saturated heterocycles. The molecule has 116 valence electrons. The van der Waals surface area contributed by atoms with E-state index < -0.39 is 17.4 Å². The van der Waals surface area contributed by atoms with Crippen LogP contribution in [-0.2, 0) is 9.59 Å². The van der Waals surface area contributed by atoms with Crippen LogP contribution < -0.4 is 10.5 Å². The van der Waals surface area contributed by atoms with Gasteiger partial charge in [0.05, 0.1) is 18.1 Å². The van der Waals surface area contributed by atoms with Gasteiger partial charge >= 0.3 is 11.9 Å². The van der Waals surface area contributed by atoms with E-state index in [1.165, 1.54) is 20.1 Å². The van der Waals surface area contributed by atoms with Crippen LogP contribution in [0.3, 0.4) is 0 Å². The Morgan fingerprint density at radius 3 is 2.27 bits per heavy atom. The van der Waals surface area contributed by atoms with E-state index in [9.17, 15) is 19.8 Å². The van der Waals surface area contributed by atoms with E-state index in [1.807, 2.05) is 0 Å². The van der Waals surface area contributed by atoms with E-state index in [-0.39, 0.29) is 17.7 Å². The second-order valence-corrected chi connectivity index (χ2v) is 5.34. The zero-order valence-corrected chi connectivity index (χ0v) is 12.3. The Morgan fingerprint density at radius 1 is 1.23 bits per heavy atom. The predicted octanol–water partition coefficient (Wildman–Crippen LogP) is 1.87. The number of ether oxygens (including phenoxy) is 1. The quantitative estimate of drug-likeness (QED) is 0.783. The summed E-state index contributed by atoms with van der Waals surface area (Å²) >= 11 is 0. The number of aliphatic carboxylic acids is 2. The Bertz CT molecular complexity index is 687. The number of methoxy groups -OCH3 is 1. The smallest absolute Gasteiger partial charge is 0.333 e. The Morgan fingerprint density at radius 2 is 1.82 bits per heavy atom. The summed E-state index contributed by atoms with van der Waals surface area (Å²) < 4.78 is 5.08. The number of nitrogens with two attached hydrogens (primary N) is 1. The standard InChI is InChI=1S/C16H17NO5/c1-16(15(20)21)8-11(14(18)19)13(17)7-12(16)9-3-5-10(22-2)6-4-9/h3-7H,8,17H2,1-2H3,(H,18,19)(H,20,21). The zero-order valence-electron chi connectivity index (χ0n) is 12.3. The third-order valence-corrected chi connectivity index (χ3v) is 3.90. The van der Waals surface area contributed by atoms with Crippen LogP contribution in [-0.4, -0.2) is 29.3 Å². The lowest BCUT2D eigenvalue weighted by Gasteiger charge is -2.32. The number of carboxylic acid groups (broad SMARTS) is 2. The molecular weight excluding hydrogens is 286 g/mol. The predicted molar refractivity (Wildman–Crippen MR) is 80.2 cm³/mol. The Hall–Kier alpha value is -2.76. The van der Waals surface area contributed by atoms with Crippen molar-refractivity contribution in [2.24, 2.45) is 11.1 Å². The fourth-order valence-electron chi connectivity index (χ4n) is 2.52. The van der Waals surface area contributed by atoms with Crippen LogP contribution in [0.5, 0.6) is 5.75 Å². The van der Waals surface area contributed by atoms with Gasteiger partial charge < -0.3 is 20.7 Å². The summed E-state index contributed by atoms with van der Waals surface area (Å²) in [5, 5.41) is 18.8. The first kappa shape index (κ1) is 15.6. The highest BCUT2D eigenvalue weighted by molar-refractivity contribution is 5.98. The van der Waals surface area contributed by atoms with E-state index in [2.05, 4.69) is 0 Å². The Kier molecular flexibility index (Phi) is 3.95. The molecule has 0 aliphatic heterocycles. The van der Waals surface area contributed by atoms with Crippen molar-refractivity contribution < 1.29 is 24.5 Å². The number of hydrogen-bond acceptors (Lipinski definition) is 4. The molecule has 0 heterocycles. The normalized spacial score (nSPS) is 21.3. The summed E-state index contributed by atoms with van der Waals surface area (Å²) in [7, 11) is 1.54. The maximum Gasteiger partial charge on any atom is 0.333 e. The van der Waals surface area contributed by atoms with Crippen LogP contribution in [0.2, 0.25) is 0 Å². The van der Waals surface area contributed by atoms with Gasteiger partial charge in [-0.15, -0.1) is 0 Å². The molecule has 6 heteroatoms. The zero-order chi connectivity index (χ0) is 16.5. The van der Waals surface area contributed by atoms with Gasteiger partial charge in [-0.3, -0.25) is 4.79 Å². The molecule has 22 heavy (non-hydrogen) atoms. The van der Waals surface area contributed by atoms with Crippen molar-refractivity contribution in [1.82, 2.24) is 0 Å². The van der Waals surface area contributed by atoms with Crippen LogP contribution in [0.15, 0.2) is 41.6 Å². The summed E-state index contributed by atoms with van der Waals surface area (Å²) in [4.78, 5) is 23.0. The molecular formula is C16H17NO5. The molecule has 4 N–H and O–H groups in total. The van der Waals surface area contributed by atoms with Crippen molar-refractivity contribution in [2.45, 2.75) is 13.3 Å². The number of hydrogen-bond donors (Lipinski definition) is 3. The molecule has 0 saturated carbocycles. The maximum absolute atomic E-state index is 11.7. The Balaban J connectivity index is 2.59. The van der Waals surface area contributed by atoms with Crippen molar-refractivity contribution >= 4 is 17.5 Å². The van der Waals surface area contributed by atoms with Crippen molar-refractivity contribution in [1.29, 1.82) is 0 Å². The van der Waals surface area contributed by atoms with E-state index >= 15 is 0 Å². The number of rotatable bonds is 4. The molecule has 0 aromatic heterocycles. The minimum atomic E-state index is -1.36. The van der Waals surface area contributed by atoms with Crippen molar-refractivity contribution in [2.75, 3.05) is 7.11 Å². The van der Waals surface area contributed by atoms with Gasteiger partial charge in [0, 0.05) is 12.1 Å². The topological polar surface area (TPSA) is 110 Å². The largest absolute Gasteiger partial charge is 0.497 e. The average molecular weight is 303 g/mol. The highest BCUT2D eigenvalue weighted by Crippen LogP contribution is 2.44. The lowest BCUT2D eigenvalue weighted by molar-refractivity contribution is -0.144. The SMILES string of the molecule is COc1ccc(C2=CC(N)=C(C(=O)O)CC2(C)C(=O)O)cc1. The summed E-state index contributed by atoms with van der Waals surface area (Å²) in [5.74, 6) is -1.65. The van der Waals surface area contributed by atoms with Crippen molar-refractivity contribution in [3.63, 3.8) is 0 Å². The first-order valence-corrected chi connectivity index (χ1v) is 6.61. The monoisotopic (exact) mass is 303 g/mol. The van der Waals surface area contributed by atoms with Gasteiger partial charge in [0.15, 0.2) is 0 Å². The average Bonchev–Trinajstić information content (AvgIpc) is 2.49. The van der Waals surface area contributed by atoms with E-state index in [0.717, 1.165) is 0 Å². The number of carboxylic acids is 2. The van der Waals surface area contributed by atoms with Crippen molar-refractivity contribution in [3.05, 3.63) is 47.2 Å². The second kappa shape index (κ2) is 5.55. The third kappa shape index (κ3) is 2.55. The van der Waals surface area contributed by atoms with Gasteiger partial charge in [0.2, 0.25) is 0 Å². The van der Waals surface area contributed by atoms with Gasteiger partial charge in [0.25, 0.3) is 0 Å². The molecule has 2 rings (SSSR count). The molecule has 1 aromatic rings. The fraction of sp³-hybridized carbons (Fsp3) is 0.250. The minimum absolute atomic E-state index is 0.0806. The molecule has 1 aliphatic carbocycles. The summed E-state index contributed by atoms with van der Waals surface area (Å²) in [6.07, 6.45) is 1.27. The number of benzene rings is 1. The fourth-order valence-corrected chi connectivity index (χ4v) is 2.52. The molecule has 1 atom stereocenters. The molecule has 0 bridgehead atoms. The molecule has 1 aliphatic rings. The molecule has 0 spiro atoms. The van der Waals surface area contributed by atoms with Gasteiger partial charge in [0.1, 0.15) is 5.75 Å². The Labute approximate surface area is 127 Å². The van der Waals surface area contributed by atoms with Gasteiger partial charge in [-0.1, -0.05) is 12.1 Å². The highest BCUT2D eigenvalue weighted by Gasteiger charge is 2.43. The van der Waals surface area contributed by atoms with Crippen LogP contribution in [0.1, 0.15) is 18.9 Å². The van der Waals surface area contributed by atoms with Crippen LogP contribution in [0.25, 0.3) is 5.57 Å². The van der Waals surface area contributed by atoms with Crippen LogP contribution >= 0.6 is 0 Å². The summed E-state index contributed by atoms with van der Waals surface area (Å²) in [5.41, 5.74) is 5.57. The third-order valence-electron chi connectivity index (χ3n) is 3.90. The van der Waals surface area contributed by atoms with Gasteiger partial charge in [-0.05, 0) is 36.3 Å². The van der Waals surface area contributed by atoms with Crippen LogP contribution in [0, 0.1) is 5.41 Å². The molecule has 0 radical (unpaired) electrons. The van der Waals surface area contributed by atoms with Crippen LogP contribution in [0.4, 0.5) is 0 Å². The molecule has 1 aromatic carbocycles. The summed E-state index contributed by atoms with van der Waals surface area (Å²) in [6, 6.07) is 6.88. The molecule has 0 amide bonds. The van der Waals surface area contributed by atoms with Gasteiger partial charge in [-0.2, -0.15) is 0 Å². The van der Waals surface area contributed by atoms with E-state index in [1.54, 1.807) is 24.3 Å². The summed E-state index contributed by atoms with van der Waals surface area (Å²) in [6.45, 7) is 1.50. The molecule has 0 fully saturated rings. The first-order chi connectivity index (χ1) is 10.3. The van der Waals surface area contributed by atoms with E-state index in [0.29, 0.717) is 16.9 Å². The number of carbonyl (C=O) groups is 2. The van der Waals surface area contributed by atoms with Crippen molar-refractivity contribution in [3.8, 4) is 5.75 Å². The lowest BCUT2D eigenvalue weighted by atomic mass is 9.70. The first-order valence-electron chi connectivity index (χ1n) is 6.61. The van der Waals surface area contributed by atoms with E-state index in [4.69, 9.17) is 10.5 Å².